The monoisotopic (exact) mass is 237 g/mol. The fraction of sp³-hybridized carbons (Fsp3) is 1.00. The SMILES string of the molecule is CC(CCO)CNC1C2CC3CC(C2)CC1C3. The van der Waals surface area contributed by atoms with Crippen molar-refractivity contribution in [1.82, 2.24) is 5.32 Å². The molecule has 98 valence electrons. The Labute approximate surface area is 105 Å². The summed E-state index contributed by atoms with van der Waals surface area (Å²) < 4.78 is 0. The van der Waals surface area contributed by atoms with Gasteiger partial charge in [0.1, 0.15) is 0 Å². The third-order valence-electron chi connectivity index (χ3n) is 5.55. The molecule has 0 aromatic rings. The molecule has 1 unspecified atom stereocenters. The van der Waals surface area contributed by atoms with Crippen LogP contribution in [0.15, 0.2) is 0 Å². The molecule has 0 aromatic heterocycles. The minimum Gasteiger partial charge on any atom is -0.396 e. The zero-order chi connectivity index (χ0) is 11.8. The minimum absolute atomic E-state index is 0.338. The Morgan fingerprint density at radius 2 is 1.65 bits per heavy atom. The van der Waals surface area contributed by atoms with E-state index in [0.29, 0.717) is 12.5 Å². The van der Waals surface area contributed by atoms with Gasteiger partial charge in [-0.05, 0) is 74.7 Å². The number of hydrogen-bond donors (Lipinski definition) is 2. The van der Waals surface area contributed by atoms with Crippen LogP contribution in [0.5, 0.6) is 0 Å². The molecule has 4 aliphatic carbocycles. The maximum Gasteiger partial charge on any atom is 0.0434 e. The highest BCUT2D eigenvalue weighted by Gasteiger charge is 2.47. The molecule has 2 N–H and O–H groups in total. The zero-order valence-electron chi connectivity index (χ0n) is 11.1. The van der Waals surface area contributed by atoms with Crippen LogP contribution in [-0.2, 0) is 0 Å². The quantitative estimate of drug-likeness (QED) is 0.769. The molecule has 17 heavy (non-hydrogen) atoms. The van der Waals surface area contributed by atoms with Crippen molar-refractivity contribution in [2.24, 2.45) is 29.6 Å². The van der Waals surface area contributed by atoms with Crippen molar-refractivity contribution < 1.29 is 5.11 Å². The fourth-order valence-corrected chi connectivity index (χ4v) is 4.92. The van der Waals surface area contributed by atoms with Crippen LogP contribution in [0.1, 0.15) is 45.4 Å². The third-order valence-corrected chi connectivity index (χ3v) is 5.55. The molecular weight excluding hydrogens is 210 g/mol. The summed E-state index contributed by atoms with van der Waals surface area (Å²) in [7, 11) is 0. The van der Waals surface area contributed by atoms with Gasteiger partial charge in [-0.2, -0.15) is 0 Å². The van der Waals surface area contributed by atoms with E-state index in [1.807, 2.05) is 0 Å². The first-order chi connectivity index (χ1) is 8.26. The Hall–Kier alpha value is -0.0800. The summed E-state index contributed by atoms with van der Waals surface area (Å²) in [4.78, 5) is 0. The molecule has 2 nitrogen and oxygen atoms in total. The molecule has 0 aliphatic heterocycles. The second kappa shape index (κ2) is 4.89. The Balaban J connectivity index is 1.54. The van der Waals surface area contributed by atoms with E-state index >= 15 is 0 Å². The van der Waals surface area contributed by atoms with Gasteiger partial charge in [0.2, 0.25) is 0 Å². The van der Waals surface area contributed by atoms with Crippen molar-refractivity contribution in [3.8, 4) is 0 Å². The Bertz CT molecular complexity index is 238. The van der Waals surface area contributed by atoms with Gasteiger partial charge in [0.15, 0.2) is 0 Å². The van der Waals surface area contributed by atoms with Crippen LogP contribution in [0.4, 0.5) is 0 Å². The summed E-state index contributed by atoms with van der Waals surface area (Å²) in [6, 6.07) is 0.809. The van der Waals surface area contributed by atoms with Crippen LogP contribution < -0.4 is 5.32 Å². The number of nitrogens with one attached hydrogen (secondary N) is 1. The average Bonchev–Trinajstić information content (AvgIpc) is 2.27. The van der Waals surface area contributed by atoms with E-state index in [2.05, 4.69) is 12.2 Å². The van der Waals surface area contributed by atoms with Crippen molar-refractivity contribution in [3.05, 3.63) is 0 Å². The van der Waals surface area contributed by atoms with E-state index in [1.54, 1.807) is 6.42 Å². The van der Waals surface area contributed by atoms with E-state index in [9.17, 15) is 0 Å². The minimum atomic E-state index is 0.338. The lowest BCUT2D eigenvalue weighted by Gasteiger charge is -2.54. The lowest BCUT2D eigenvalue weighted by Crippen LogP contribution is -2.55. The molecule has 2 heteroatoms. The summed E-state index contributed by atoms with van der Waals surface area (Å²) in [6.07, 6.45) is 8.48. The molecule has 1 atom stereocenters. The van der Waals surface area contributed by atoms with Crippen molar-refractivity contribution in [2.45, 2.75) is 51.5 Å². The van der Waals surface area contributed by atoms with Crippen LogP contribution in [0.2, 0.25) is 0 Å². The number of hydrogen-bond acceptors (Lipinski definition) is 2. The third kappa shape index (κ3) is 2.39. The molecule has 0 aromatic carbocycles. The zero-order valence-corrected chi connectivity index (χ0v) is 11.1. The largest absolute Gasteiger partial charge is 0.396 e. The summed E-state index contributed by atoms with van der Waals surface area (Å²) in [5.41, 5.74) is 0. The van der Waals surface area contributed by atoms with Gasteiger partial charge in [0.05, 0.1) is 0 Å². The first-order valence-electron chi connectivity index (χ1n) is 7.60. The van der Waals surface area contributed by atoms with Gasteiger partial charge in [-0.1, -0.05) is 6.92 Å². The van der Waals surface area contributed by atoms with Crippen LogP contribution in [0.3, 0.4) is 0 Å². The molecule has 4 aliphatic rings. The normalized spacial score (nSPS) is 45.2. The summed E-state index contributed by atoms with van der Waals surface area (Å²) in [5, 5.41) is 12.8. The summed E-state index contributed by atoms with van der Waals surface area (Å²) in [5.74, 6) is 4.73. The smallest absolute Gasteiger partial charge is 0.0434 e. The lowest BCUT2D eigenvalue weighted by molar-refractivity contribution is -0.0148. The standard InChI is InChI=1S/C15H27NO/c1-10(2-3-17)9-16-15-13-5-11-4-12(7-13)8-14(15)6-11/h10-17H,2-9H2,1H3. The first-order valence-corrected chi connectivity index (χ1v) is 7.60. The molecule has 0 amide bonds. The van der Waals surface area contributed by atoms with E-state index in [-0.39, 0.29) is 0 Å². The molecule has 0 radical (unpaired) electrons. The Morgan fingerprint density at radius 3 is 2.18 bits per heavy atom. The van der Waals surface area contributed by atoms with Crippen LogP contribution in [-0.4, -0.2) is 24.3 Å². The molecule has 4 saturated carbocycles. The van der Waals surface area contributed by atoms with Gasteiger partial charge in [-0.3, -0.25) is 0 Å². The van der Waals surface area contributed by atoms with Crippen molar-refractivity contribution in [3.63, 3.8) is 0 Å². The molecule has 0 saturated heterocycles. The van der Waals surface area contributed by atoms with E-state index in [0.717, 1.165) is 42.7 Å². The van der Waals surface area contributed by atoms with Crippen molar-refractivity contribution >= 4 is 0 Å². The maximum absolute atomic E-state index is 8.95. The van der Waals surface area contributed by atoms with Crippen LogP contribution in [0.25, 0.3) is 0 Å². The first kappa shape index (κ1) is 12.0. The van der Waals surface area contributed by atoms with Gasteiger partial charge in [0.25, 0.3) is 0 Å². The topological polar surface area (TPSA) is 32.3 Å². The predicted molar refractivity (Wildman–Crippen MR) is 69.7 cm³/mol. The molecule has 0 heterocycles. The molecule has 4 rings (SSSR count). The highest BCUT2D eigenvalue weighted by Crippen LogP contribution is 2.53. The molecule has 4 bridgehead atoms. The van der Waals surface area contributed by atoms with Gasteiger partial charge in [0, 0.05) is 12.6 Å². The number of rotatable bonds is 5. The van der Waals surface area contributed by atoms with Crippen molar-refractivity contribution in [2.75, 3.05) is 13.2 Å². The summed E-state index contributed by atoms with van der Waals surface area (Å²) in [6.45, 7) is 3.69. The number of aliphatic hydroxyl groups excluding tert-OH is 1. The molecular formula is C15H27NO. The lowest BCUT2D eigenvalue weighted by atomic mass is 9.54. The van der Waals surface area contributed by atoms with Gasteiger partial charge >= 0.3 is 0 Å². The molecule has 4 fully saturated rings. The predicted octanol–water partition coefficient (Wildman–Crippen LogP) is 2.42. The van der Waals surface area contributed by atoms with Crippen LogP contribution >= 0.6 is 0 Å². The Kier molecular flexibility index (Phi) is 3.45. The molecule has 0 spiro atoms. The summed E-state index contributed by atoms with van der Waals surface area (Å²) >= 11 is 0. The van der Waals surface area contributed by atoms with Crippen LogP contribution in [0, 0.1) is 29.6 Å². The van der Waals surface area contributed by atoms with Gasteiger partial charge in [-0.25, -0.2) is 0 Å². The fourth-order valence-electron chi connectivity index (χ4n) is 4.92. The Morgan fingerprint density at radius 1 is 1.06 bits per heavy atom. The van der Waals surface area contributed by atoms with Gasteiger partial charge < -0.3 is 10.4 Å². The van der Waals surface area contributed by atoms with E-state index in [4.69, 9.17) is 5.11 Å². The van der Waals surface area contributed by atoms with Gasteiger partial charge in [-0.15, -0.1) is 0 Å². The second-order valence-electron chi connectivity index (χ2n) is 6.98. The van der Waals surface area contributed by atoms with E-state index in [1.165, 1.54) is 25.7 Å². The maximum atomic E-state index is 8.95. The van der Waals surface area contributed by atoms with E-state index < -0.39 is 0 Å². The number of aliphatic hydroxyl groups is 1. The highest BCUT2D eigenvalue weighted by molar-refractivity contribution is 5.01. The highest BCUT2D eigenvalue weighted by atomic mass is 16.3. The van der Waals surface area contributed by atoms with Crippen molar-refractivity contribution in [1.29, 1.82) is 0 Å². The second-order valence-corrected chi connectivity index (χ2v) is 6.98. The average molecular weight is 237 g/mol.